The van der Waals surface area contributed by atoms with E-state index in [0.717, 1.165) is 42.6 Å². The van der Waals surface area contributed by atoms with E-state index in [9.17, 15) is 0 Å². The van der Waals surface area contributed by atoms with Gasteiger partial charge in [0.2, 0.25) is 0 Å². The SMILES string of the molecule is Cc1cc(NC(=S)NCCCN2CCc3ccccc32)ccc1Br. The molecule has 0 aliphatic carbocycles. The molecule has 0 amide bonds. The van der Waals surface area contributed by atoms with Crippen molar-refractivity contribution in [3.05, 3.63) is 58.1 Å². The van der Waals surface area contributed by atoms with E-state index in [1.807, 2.05) is 12.1 Å². The lowest BCUT2D eigenvalue weighted by molar-refractivity contribution is 0.730. The molecular formula is C19H22BrN3S. The highest BCUT2D eigenvalue weighted by Gasteiger charge is 2.17. The van der Waals surface area contributed by atoms with Crippen LogP contribution in [-0.4, -0.2) is 24.7 Å². The van der Waals surface area contributed by atoms with Crippen LogP contribution in [0.4, 0.5) is 11.4 Å². The molecule has 0 unspecified atom stereocenters. The number of anilines is 2. The van der Waals surface area contributed by atoms with E-state index in [1.165, 1.54) is 16.8 Å². The van der Waals surface area contributed by atoms with E-state index < -0.39 is 0 Å². The number of nitrogens with zero attached hydrogens (tertiary/aromatic N) is 1. The van der Waals surface area contributed by atoms with Crippen molar-refractivity contribution in [2.24, 2.45) is 0 Å². The number of para-hydroxylation sites is 1. The summed E-state index contributed by atoms with van der Waals surface area (Å²) in [6.45, 7) is 5.13. The van der Waals surface area contributed by atoms with Crippen LogP contribution < -0.4 is 15.5 Å². The number of halogens is 1. The van der Waals surface area contributed by atoms with Crippen molar-refractivity contribution in [1.29, 1.82) is 0 Å². The largest absolute Gasteiger partial charge is 0.371 e. The fourth-order valence-corrected chi connectivity index (χ4v) is 3.47. The Labute approximate surface area is 157 Å². The van der Waals surface area contributed by atoms with Crippen molar-refractivity contribution in [3.8, 4) is 0 Å². The number of aryl methyl sites for hydroxylation is 1. The molecule has 1 aliphatic rings. The number of fused-ring (bicyclic) bond motifs is 1. The molecule has 2 aromatic carbocycles. The standard InChI is InChI=1S/C19H22BrN3S/c1-14-13-16(7-8-17(14)20)22-19(24)21-10-4-11-23-12-9-15-5-2-3-6-18(15)23/h2-3,5-8,13H,4,9-12H2,1H3,(H2,21,22,24). The van der Waals surface area contributed by atoms with Crippen LogP contribution in [0.1, 0.15) is 17.5 Å². The Hall–Kier alpha value is -1.59. The predicted octanol–water partition coefficient (Wildman–Crippen LogP) is 4.50. The monoisotopic (exact) mass is 403 g/mol. The van der Waals surface area contributed by atoms with Gasteiger partial charge in [-0.3, -0.25) is 0 Å². The quantitative estimate of drug-likeness (QED) is 0.567. The van der Waals surface area contributed by atoms with Crippen molar-refractivity contribution < 1.29 is 0 Å². The van der Waals surface area contributed by atoms with Gasteiger partial charge in [-0.15, -0.1) is 0 Å². The minimum atomic E-state index is 0.679. The van der Waals surface area contributed by atoms with Crippen molar-refractivity contribution in [2.45, 2.75) is 19.8 Å². The van der Waals surface area contributed by atoms with Crippen LogP contribution in [0.2, 0.25) is 0 Å². The molecule has 126 valence electrons. The Morgan fingerprint density at radius 1 is 1.25 bits per heavy atom. The molecule has 2 aromatic rings. The zero-order chi connectivity index (χ0) is 16.9. The van der Waals surface area contributed by atoms with Gasteiger partial charge < -0.3 is 15.5 Å². The number of nitrogens with one attached hydrogen (secondary N) is 2. The van der Waals surface area contributed by atoms with E-state index in [4.69, 9.17) is 12.2 Å². The zero-order valence-corrected chi connectivity index (χ0v) is 16.2. The van der Waals surface area contributed by atoms with E-state index in [1.54, 1.807) is 0 Å². The molecule has 3 rings (SSSR count). The van der Waals surface area contributed by atoms with Gasteiger partial charge >= 0.3 is 0 Å². The molecule has 24 heavy (non-hydrogen) atoms. The third kappa shape index (κ3) is 4.28. The smallest absolute Gasteiger partial charge is 0.170 e. The van der Waals surface area contributed by atoms with E-state index >= 15 is 0 Å². The topological polar surface area (TPSA) is 27.3 Å². The summed E-state index contributed by atoms with van der Waals surface area (Å²) in [5.41, 5.74) is 5.06. The molecule has 1 heterocycles. The number of hydrogen-bond acceptors (Lipinski definition) is 2. The second-order valence-corrected chi connectivity index (χ2v) is 7.33. The average molecular weight is 404 g/mol. The van der Waals surface area contributed by atoms with Crippen molar-refractivity contribution in [2.75, 3.05) is 29.9 Å². The van der Waals surface area contributed by atoms with Gasteiger partial charge in [0, 0.05) is 35.5 Å². The van der Waals surface area contributed by atoms with Gasteiger partial charge in [-0.1, -0.05) is 34.1 Å². The summed E-state index contributed by atoms with van der Waals surface area (Å²) in [7, 11) is 0. The minimum absolute atomic E-state index is 0.679. The molecule has 0 saturated carbocycles. The Morgan fingerprint density at radius 3 is 2.92 bits per heavy atom. The lowest BCUT2D eigenvalue weighted by atomic mass is 10.2. The Kier molecular flexibility index (Phi) is 5.74. The summed E-state index contributed by atoms with van der Waals surface area (Å²) < 4.78 is 1.11. The van der Waals surface area contributed by atoms with Gasteiger partial charge in [0.15, 0.2) is 5.11 Å². The first-order valence-corrected chi connectivity index (χ1v) is 9.47. The first-order valence-electron chi connectivity index (χ1n) is 8.27. The maximum Gasteiger partial charge on any atom is 0.170 e. The fraction of sp³-hybridized carbons (Fsp3) is 0.316. The van der Waals surface area contributed by atoms with Crippen LogP contribution in [0, 0.1) is 6.92 Å². The number of hydrogen-bond donors (Lipinski definition) is 2. The van der Waals surface area contributed by atoms with E-state index in [-0.39, 0.29) is 0 Å². The maximum absolute atomic E-state index is 5.38. The second-order valence-electron chi connectivity index (χ2n) is 6.06. The molecule has 2 N–H and O–H groups in total. The van der Waals surface area contributed by atoms with Crippen LogP contribution in [-0.2, 0) is 6.42 Å². The van der Waals surface area contributed by atoms with Crippen molar-refractivity contribution in [1.82, 2.24) is 5.32 Å². The van der Waals surface area contributed by atoms with Gasteiger partial charge in [0.05, 0.1) is 0 Å². The first-order chi connectivity index (χ1) is 11.6. The minimum Gasteiger partial charge on any atom is -0.371 e. The van der Waals surface area contributed by atoms with E-state index in [0.29, 0.717) is 5.11 Å². The summed E-state index contributed by atoms with van der Waals surface area (Å²) in [6.07, 6.45) is 2.22. The highest BCUT2D eigenvalue weighted by Crippen LogP contribution is 2.27. The van der Waals surface area contributed by atoms with Crippen molar-refractivity contribution >= 4 is 44.6 Å². The third-order valence-electron chi connectivity index (χ3n) is 4.29. The summed E-state index contributed by atoms with van der Waals surface area (Å²) in [4.78, 5) is 2.46. The zero-order valence-electron chi connectivity index (χ0n) is 13.8. The van der Waals surface area contributed by atoms with Crippen LogP contribution in [0.5, 0.6) is 0 Å². The normalized spacial score (nSPS) is 12.8. The van der Waals surface area contributed by atoms with Gasteiger partial charge in [0.1, 0.15) is 0 Å². The average Bonchev–Trinajstić information content (AvgIpc) is 2.98. The van der Waals surface area contributed by atoms with Gasteiger partial charge in [-0.2, -0.15) is 0 Å². The second kappa shape index (κ2) is 7.99. The number of benzene rings is 2. The molecule has 0 atom stereocenters. The summed E-state index contributed by atoms with van der Waals surface area (Å²) in [6, 6.07) is 14.8. The Balaban J connectivity index is 1.40. The molecule has 0 fully saturated rings. The molecule has 0 radical (unpaired) electrons. The lowest BCUT2D eigenvalue weighted by Crippen LogP contribution is -2.32. The molecule has 3 nitrogen and oxygen atoms in total. The molecule has 1 aliphatic heterocycles. The summed E-state index contributed by atoms with van der Waals surface area (Å²) >= 11 is 8.89. The highest BCUT2D eigenvalue weighted by molar-refractivity contribution is 9.10. The number of thiocarbonyl (C=S) groups is 1. The highest BCUT2D eigenvalue weighted by atomic mass is 79.9. The molecule has 0 aromatic heterocycles. The molecule has 0 spiro atoms. The number of rotatable bonds is 5. The summed E-state index contributed by atoms with van der Waals surface area (Å²) in [5, 5.41) is 7.21. The molecule has 0 saturated heterocycles. The van der Waals surface area contributed by atoms with Gasteiger partial charge in [-0.25, -0.2) is 0 Å². The van der Waals surface area contributed by atoms with Crippen LogP contribution >= 0.6 is 28.1 Å². The molecule has 5 heteroatoms. The Bertz CT molecular complexity index is 732. The van der Waals surface area contributed by atoms with E-state index in [2.05, 4.69) is 68.7 Å². The summed E-state index contributed by atoms with van der Waals surface area (Å²) in [5.74, 6) is 0. The van der Waals surface area contributed by atoms with Gasteiger partial charge in [0.25, 0.3) is 0 Å². The van der Waals surface area contributed by atoms with Crippen LogP contribution in [0.25, 0.3) is 0 Å². The fourth-order valence-electron chi connectivity index (χ4n) is 3.01. The van der Waals surface area contributed by atoms with Crippen LogP contribution in [0.15, 0.2) is 46.9 Å². The molecule has 0 bridgehead atoms. The Morgan fingerprint density at radius 2 is 2.08 bits per heavy atom. The van der Waals surface area contributed by atoms with Crippen LogP contribution in [0.3, 0.4) is 0 Å². The predicted molar refractivity (Wildman–Crippen MR) is 110 cm³/mol. The lowest BCUT2D eigenvalue weighted by Gasteiger charge is -2.19. The molecular weight excluding hydrogens is 382 g/mol. The van der Waals surface area contributed by atoms with Crippen molar-refractivity contribution in [3.63, 3.8) is 0 Å². The van der Waals surface area contributed by atoms with Gasteiger partial charge in [-0.05, 0) is 67.4 Å². The maximum atomic E-state index is 5.38. The third-order valence-corrected chi connectivity index (χ3v) is 5.43. The first kappa shape index (κ1) is 17.2.